The van der Waals surface area contributed by atoms with E-state index in [1.165, 1.54) is 0 Å². The van der Waals surface area contributed by atoms with E-state index in [0.29, 0.717) is 22.3 Å². The number of aliphatic carboxylic acids is 1. The number of nitrogens with zero attached hydrogens (tertiary/aromatic N) is 4. The maximum Gasteiger partial charge on any atom is 0.311 e. The highest BCUT2D eigenvalue weighted by molar-refractivity contribution is 8.06. The lowest BCUT2D eigenvalue weighted by Gasteiger charge is -2.34. The minimum Gasteiger partial charge on any atom is -0.481 e. The van der Waals surface area contributed by atoms with E-state index in [-0.39, 0.29) is 12.7 Å². The highest BCUT2D eigenvalue weighted by Gasteiger charge is 2.30. The molecule has 2 aromatic rings. The molecule has 0 spiro atoms. The number of H-pyrrole nitrogens is 1. The number of ether oxygens (including phenoxy) is 1. The normalized spacial score (nSPS) is 16.3. The molecular weight excluding hydrogens is 418 g/mol. The molecule has 0 saturated carbocycles. The van der Waals surface area contributed by atoms with E-state index in [1.54, 1.807) is 27.0 Å². The maximum atomic E-state index is 11.2. The van der Waals surface area contributed by atoms with Gasteiger partial charge in [-0.05, 0) is 57.7 Å². The number of piperidine rings is 1. The smallest absolute Gasteiger partial charge is 0.311 e. The molecule has 2 aromatic heterocycles. The summed E-state index contributed by atoms with van der Waals surface area (Å²) in [7, 11) is 0. The molecule has 10 nitrogen and oxygen atoms in total. The number of rotatable bonds is 8. The SMILES string of the molecule is C/C(N)=C(/SN)c1nc(-c2ccc(N3CCC(OCC(C)(C)C(=O)O)CC3)nc2)n[nH]1. The Morgan fingerprint density at radius 1 is 1.39 bits per heavy atom. The molecule has 31 heavy (non-hydrogen) atoms. The summed E-state index contributed by atoms with van der Waals surface area (Å²) in [6, 6.07) is 3.88. The van der Waals surface area contributed by atoms with Crippen LogP contribution in [0, 0.1) is 5.41 Å². The molecule has 0 aliphatic carbocycles. The third-order valence-electron chi connectivity index (χ3n) is 5.21. The minimum absolute atomic E-state index is 0.0643. The van der Waals surface area contributed by atoms with Gasteiger partial charge < -0.3 is 20.5 Å². The van der Waals surface area contributed by atoms with Crippen molar-refractivity contribution in [3.05, 3.63) is 29.9 Å². The van der Waals surface area contributed by atoms with Crippen molar-refractivity contribution in [1.29, 1.82) is 0 Å². The summed E-state index contributed by atoms with van der Waals surface area (Å²) in [4.78, 5) is 23.1. The number of hydrogen-bond acceptors (Lipinski definition) is 9. The average Bonchev–Trinajstić information content (AvgIpc) is 3.23. The van der Waals surface area contributed by atoms with E-state index in [2.05, 4.69) is 25.1 Å². The second kappa shape index (κ2) is 9.67. The number of nitrogens with one attached hydrogen (secondary N) is 1. The number of aromatic amines is 1. The minimum atomic E-state index is -0.878. The van der Waals surface area contributed by atoms with Gasteiger partial charge in [0.25, 0.3) is 0 Å². The van der Waals surface area contributed by atoms with Crippen molar-refractivity contribution >= 4 is 28.6 Å². The van der Waals surface area contributed by atoms with Crippen molar-refractivity contribution in [3.63, 3.8) is 0 Å². The first-order valence-electron chi connectivity index (χ1n) is 10.0. The van der Waals surface area contributed by atoms with E-state index in [0.717, 1.165) is 49.3 Å². The van der Waals surface area contributed by atoms with Gasteiger partial charge in [-0.25, -0.2) is 9.97 Å². The standard InChI is InChI=1S/C20H29N7O3S/c1-12(21)16(31-22)18-24-17(25-26-18)13-4-5-15(23-10-13)27-8-6-14(7-9-27)30-11-20(2,3)19(28)29/h4-5,10,14H,6-9,11,21-22H2,1-3H3,(H,28,29)(H,24,25,26)/b16-12-. The lowest BCUT2D eigenvalue weighted by molar-refractivity contribution is -0.152. The van der Waals surface area contributed by atoms with Gasteiger partial charge in [0.2, 0.25) is 0 Å². The molecule has 3 heterocycles. The Bertz CT molecular complexity index is 931. The van der Waals surface area contributed by atoms with Gasteiger partial charge in [0.1, 0.15) is 5.82 Å². The Morgan fingerprint density at radius 2 is 2.10 bits per heavy atom. The molecule has 0 radical (unpaired) electrons. The molecule has 0 unspecified atom stereocenters. The van der Waals surface area contributed by atoms with Gasteiger partial charge in [0.15, 0.2) is 11.6 Å². The third kappa shape index (κ3) is 5.54. The molecule has 1 aliphatic rings. The molecule has 0 amide bonds. The third-order valence-corrected chi connectivity index (χ3v) is 5.96. The molecule has 0 bridgehead atoms. The quantitative estimate of drug-likeness (QED) is 0.442. The Kier molecular flexibility index (Phi) is 7.19. The first-order chi connectivity index (χ1) is 14.7. The zero-order valence-corrected chi connectivity index (χ0v) is 18.8. The number of carboxylic acids is 1. The van der Waals surface area contributed by atoms with Gasteiger partial charge in [0, 0.05) is 30.5 Å². The van der Waals surface area contributed by atoms with Crippen LogP contribution in [0.4, 0.5) is 5.82 Å². The first-order valence-corrected chi connectivity index (χ1v) is 10.9. The number of carbonyl (C=O) groups is 1. The number of allylic oxidation sites excluding steroid dienone is 1. The second-order valence-corrected chi connectivity index (χ2v) is 8.87. The fourth-order valence-electron chi connectivity index (χ4n) is 3.17. The Morgan fingerprint density at radius 3 is 2.65 bits per heavy atom. The van der Waals surface area contributed by atoms with Crippen molar-refractivity contribution < 1.29 is 14.6 Å². The largest absolute Gasteiger partial charge is 0.481 e. The number of aromatic nitrogens is 4. The van der Waals surface area contributed by atoms with E-state index in [1.807, 2.05) is 12.1 Å². The summed E-state index contributed by atoms with van der Waals surface area (Å²) >= 11 is 1.03. The van der Waals surface area contributed by atoms with Gasteiger partial charge in [-0.3, -0.25) is 15.0 Å². The lowest BCUT2D eigenvalue weighted by Crippen LogP contribution is -2.39. The molecule has 1 aliphatic heterocycles. The predicted molar refractivity (Wildman–Crippen MR) is 121 cm³/mol. The summed E-state index contributed by atoms with van der Waals surface area (Å²) in [6.07, 6.45) is 3.46. The first kappa shape index (κ1) is 23.0. The molecule has 11 heteroatoms. The molecule has 168 valence electrons. The van der Waals surface area contributed by atoms with E-state index >= 15 is 0 Å². The zero-order chi connectivity index (χ0) is 22.6. The summed E-state index contributed by atoms with van der Waals surface area (Å²) in [5.41, 5.74) is 6.31. The van der Waals surface area contributed by atoms with Crippen molar-refractivity contribution in [1.82, 2.24) is 20.2 Å². The molecule has 6 N–H and O–H groups in total. The summed E-state index contributed by atoms with van der Waals surface area (Å²) in [5, 5.41) is 22.0. The van der Waals surface area contributed by atoms with Crippen molar-refractivity contribution in [2.45, 2.75) is 39.7 Å². The van der Waals surface area contributed by atoms with Crippen LogP contribution < -0.4 is 15.8 Å². The van der Waals surface area contributed by atoms with Gasteiger partial charge in [-0.1, -0.05) is 0 Å². The molecule has 0 atom stereocenters. The predicted octanol–water partition coefficient (Wildman–Crippen LogP) is 2.22. The number of carboxylic acid groups (broad SMARTS) is 1. The number of hydrogen-bond donors (Lipinski definition) is 4. The summed E-state index contributed by atoms with van der Waals surface area (Å²) < 4.78 is 5.85. The van der Waals surface area contributed by atoms with Crippen LogP contribution in [-0.2, 0) is 9.53 Å². The second-order valence-electron chi connectivity index (χ2n) is 8.23. The van der Waals surface area contributed by atoms with Gasteiger partial charge in [-0.15, -0.1) is 0 Å². The molecule has 1 fully saturated rings. The zero-order valence-electron chi connectivity index (χ0n) is 18.0. The van der Waals surface area contributed by atoms with Crippen LogP contribution >= 0.6 is 11.9 Å². The van der Waals surface area contributed by atoms with Crippen LogP contribution in [0.3, 0.4) is 0 Å². The molecule has 3 rings (SSSR count). The van der Waals surface area contributed by atoms with Crippen LogP contribution in [0.5, 0.6) is 0 Å². The number of pyridine rings is 1. The van der Waals surface area contributed by atoms with Gasteiger partial charge in [-0.2, -0.15) is 5.10 Å². The highest BCUT2D eigenvalue weighted by Crippen LogP contribution is 2.26. The van der Waals surface area contributed by atoms with Crippen molar-refractivity contribution in [2.75, 3.05) is 24.6 Å². The molecule has 1 saturated heterocycles. The van der Waals surface area contributed by atoms with E-state index in [4.69, 9.17) is 15.6 Å². The summed E-state index contributed by atoms with van der Waals surface area (Å²) in [6.45, 7) is 6.92. The van der Waals surface area contributed by atoms with Crippen molar-refractivity contribution in [2.24, 2.45) is 16.3 Å². The van der Waals surface area contributed by atoms with E-state index < -0.39 is 11.4 Å². The Balaban J connectivity index is 1.58. The maximum absolute atomic E-state index is 11.2. The molecular formula is C20H29N7O3S. The van der Waals surface area contributed by atoms with Gasteiger partial charge >= 0.3 is 5.97 Å². The van der Waals surface area contributed by atoms with Crippen LogP contribution in [-0.4, -0.2) is 57.0 Å². The highest BCUT2D eigenvalue weighted by atomic mass is 32.2. The topological polar surface area (TPSA) is 156 Å². The van der Waals surface area contributed by atoms with Crippen LogP contribution in [0.1, 0.15) is 39.4 Å². The summed E-state index contributed by atoms with van der Waals surface area (Å²) in [5.74, 6) is 1.08. The Hall–Kier alpha value is -2.63. The van der Waals surface area contributed by atoms with Crippen LogP contribution in [0.2, 0.25) is 0 Å². The monoisotopic (exact) mass is 447 g/mol. The fourth-order valence-corrected chi connectivity index (χ4v) is 3.56. The van der Waals surface area contributed by atoms with E-state index in [9.17, 15) is 9.90 Å². The lowest BCUT2D eigenvalue weighted by atomic mass is 9.95. The fraction of sp³-hybridized carbons (Fsp3) is 0.500. The number of nitrogens with two attached hydrogens (primary N) is 2. The molecule has 0 aromatic carbocycles. The van der Waals surface area contributed by atoms with Crippen LogP contribution in [0.25, 0.3) is 16.3 Å². The van der Waals surface area contributed by atoms with Crippen LogP contribution in [0.15, 0.2) is 24.0 Å². The van der Waals surface area contributed by atoms with Crippen molar-refractivity contribution in [3.8, 4) is 11.4 Å². The Labute approximate surface area is 185 Å². The average molecular weight is 448 g/mol. The number of anilines is 1. The van der Waals surface area contributed by atoms with Gasteiger partial charge in [0.05, 0.1) is 23.0 Å².